The van der Waals surface area contributed by atoms with E-state index >= 15 is 0 Å². The molecule has 6 heteroatoms. The molecule has 1 aromatic heterocycles. The van der Waals surface area contributed by atoms with Crippen molar-refractivity contribution in [2.24, 2.45) is 0 Å². The molecule has 5 nitrogen and oxygen atoms in total. The van der Waals surface area contributed by atoms with Crippen LogP contribution in [0.5, 0.6) is 0 Å². The van der Waals surface area contributed by atoms with E-state index in [0.717, 1.165) is 10.5 Å². The van der Waals surface area contributed by atoms with Gasteiger partial charge in [-0.3, -0.25) is 9.69 Å². The van der Waals surface area contributed by atoms with Crippen LogP contribution in [0.15, 0.2) is 24.3 Å². The van der Waals surface area contributed by atoms with E-state index in [2.05, 4.69) is 11.1 Å². The highest BCUT2D eigenvalue weighted by atomic mass is 32.1. The summed E-state index contributed by atoms with van der Waals surface area (Å²) in [6.07, 6.45) is 0.217. The first-order chi connectivity index (χ1) is 11.0. The molecule has 23 heavy (non-hydrogen) atoms. The summed E-state index contributed by atoms with van der Waals surface area (Å²) in [5.74, 6) is 0.163. The van der Waals surface area contributed by atoms with Crippen molar-refractivity contribution < 1.29 is 9.53 Å². The standard InChI is InChI=1S/C17H23N3O2S/c1-12-8-20(9-13(2)22-12)17(21)11-19(3)10-16-18-14-6-4-5-7-15(14)23-16/h4-7,12-13H,8-11H2,1-3H3. The summed E-state index contributed by atoms with van der Waals surface area (Å²) < 4.78 is 6.88. The smallest absolute Gasteiger partial charge is 0.236 e. The zero-order valence-corrected chi connectivity index (χ0v) is 14.7. The van der Waals surface area contributed by atoms with E-state index in [4.69, 9.17) is 4.74 Å². The van der Waals surface area contributed by atoms with Crippen molar-refractivity contribution in [3.05, 3.63) is 29.3 Å². The number of hydrogen-bond acceptors (Lipinski definition) is 5. The SMILES string of the molecule is CC1CN(C(=O)CN(C)Cc2nc3ccccc3s2)CC(C)O1. The number of ether oxygens (including phenoxy) is 1. The van der Waals surface area contributed by atoms with Gasteiger partial charge in [-0.2, -0.15) is 0 Å². The lowest BCUT2D eigenvalue weighted by Gasteiger charge is -2.36. The molecule has 1 fully saturated rings. The molecule has 1 aromatic carbocycles. The minimum absolute atomic E-state index is 0.109. The summed E-state index contributed by atoms with van der Waals surface area (Å²) in [7, 11) is 1.97. The quantitative estimate of drug-likeness (QED) is 0.862. The van der Waals surface area contributed by atoms with Crippen LogP contribution in [-0.4, -0.2) is 59.6 Å². The maximum atomic E-state index is 12.5. The fourth-order valence-electron chi connectivity index (χ4n) is 2.99. The summed E-state index contributed by atoms with van der Waals surface area (Å²) in [6, 6.07) is 8.13. The highest BCUT2D eigenvalue weighted by Crippen LogP contribution is 2.22. The Bertz CT molecular complexity index is 644. The van der Waals surface area contributed by atoms with Crippen LogP contribution in [0.1, 0.15) is 18.9 Å². The van der Waals surface area contributed by atoms with Crippen LogP contribution >= 0.6 is 11.3 Å². The van der Waals surface area contributed by atoms with Gasteiger partial charge in [0, 0.05) is 13.1 Å². The van der Waals surface area contributed by atoms with Crippen LogP contribution < -0.4 is 0 Å². The molecule has 1 aliphatic rings. The van der Waals surface area contributed by atoms with Crippen LogP contribution in [0.3, 0.4) is 0 Å². The molecule has 2 unspecified atom stereocenters. The average Bonchev–Trinajstić information content (AvgIpc) is 2.87. The molecule has 0 spiro atoms. The Morgan fingerprint density at radius 3 is 2.74 bits per heavy atom. The zero-order chi connectivity index (χ0) is 16.4. The van der Waals surface area contributed by atoms with Crippen molar-refractivity contribution in [2.75, 3.05) is 26.7 Å². The summed E-state index contributed by atoms with van der Waals surface area (Å²) in [4.78, 5) is 21.0. The number of rotatable bonds is 4. The van der Waals surface area contributed by atoms with Gasteiger partial charge in [0.15, 0.2) is 0 Å². The monoisotopic (exact) mass is 333 g/mol. The lowest BCUT2D eigenvalue weighted by molar-refractivity contribution is -0.144. The first-order valence-electron chi connectivity index (χ1n) is 7.97. The van der Waals surface area contributed by atoms with Crippen molar-refractivity contribution in [3.8, 4) is 0 Å². The Kier molecular flexibility index (Phi) is 4.94. The van der Waals surface area contributed by atoms with Gasteiger partial charge in [-0.05, 0) is 33.0 Å². The molecule has 0 radical (unpaired) electrons. The molecule has 2 atom stereocenters. The Morgan fingerprint density at radius 2 is 2.04 bits per heavy atom. The predicted octanol–water partition coefficient (Wildman–Crippen LogP) is 2.36. The molecule has 1 amide bonds. The lowest BCUT2D eigenvalue weighted by atomic mass is 10.2. The predicted molar refractivity (Wildman–Crippen MR) is 92.5 cm³/mol. The van der Waals surface area contributed by atoms with E-state index < -0.39 is 0 Å². The third-order valence-electron chi connectivity index (χ3n) is 3.92. The number of carbonyl (C=O) groups excluding carboxylic acids is 1. The van der Waals surface area contributed by atoms with Gasteiger partial charge in [0.05, 0.1) is 35.5 Å². The number of morpholine rings is 1. The third-order valence-corrected chi connectivity index (χ3v) is 4.94. The molecule has 2 heterocycles. The van der Waals surface area contributed by atoms with Crippen molar-refractivity contribution in [1.29, 1.82) is 0 Å². The largest absolute Gasteiger partial charge is 0.372 e. The molecule has 0 N–H and O–H groups in total. The number of carbonyl (C=O) groups is 1. The normalized spacial score (nSPS) is 22.0. The van der Waals surface area contributed by atoms with E-state index in [1.54, 1.807) is 11.3 Å². The number of benzene rings is 1. The molecule has 1 saturated heterocycles. The summed E-state index contributed by atoms with van der Waals surface area (Å²) in [5.41, 5.74) is 1.03. The minimum atomic E-state index is 0.109. The van der Waals surface area contributed by atoms with Gasteiger partial charge in [0.25, 0.3) is 0 Å². The van der Waals surface area contributed by atoms with Crippen LogP contribution in [0.25, 0.3) is 10.2 Å². The van der Waals surface area contributed by atoms with Gasteiger partial charge in [-0.15, -0.1) is 11.3 Å². The first kappa shape index (κ1) is 16.4. The van der Waals surface area contributed by atoms with Crippen LogP contribution in [0.4, 0.5) is 0 Å². The lowest BCUT2D eigenvalue weighted by Crippen LogP contribution is -2.50. The van der Waals surface area contributed by atoms with Crippen LogP contribution in [-0.2, 0) is 16.1 Å². The molecular formula is C17H23N3O2S. The number of amides is 1. The second-order valence-electron chi connectivity index (χ2n) is 6.30. The second-order valence-corrected chi connectivity index (χ2v) is 7.42. The average molecular weight is 333 g/mol. The van der Waals surface area contributed by atoms with Crippen molar-refractivity contribution in [2.45, 2.75) is 32.6 Å². The van der Waals surface area contributed by atoms with Crippen LogP contribution in [0.2, 0.25) is 0 Å². The molecule has 0 bridgehead atoms. The van der Waals surface area contributed by atoms with E-state index in [0.29, 0.717) is 26.2 Å². The highest BCUT2D eigenvalue weighted by Gasteiger charge is 2.26. The number of likely N-dealkylation sites (N-methyl/N-ethyl adjacent to an activating group) is 1. The van der Waals surface area contributed by atoms with E-state index in [9.17, 15) is 4.79 Å². The maximum Gasteiger partial charge on any atom is 0.236 e. The van der Waals surface area contributed by atoms with Gasteiger partial charge in [-0.1, -0.05) is 12.1 Å². The highest BCUT2D eigenvalue weighted by molar-refractivity contribution is 7.18. The minimum Gasteiger partial charge on any atom is -0.372 e. The van der Waals surface area contributed by atoms with Gasteiger partial charge in [0.1, 0.15) is 5.01 Å². The molecule has 3 rings (SSSR count). The molecule has 0 aliphatic carbocycles. The fraction of sp³-hybridized carbons (Fsp3) is 0.529. The van der Waals surface area contributed by atoms with Crippen LogP contribution in [0, 0.1) is 0 Å². The number of thiazole rings is 1. The zero-order valence-electron chi connectivity index (χ0n) is 13.9. The molecule has 2 aromatic rings. The number of hydrogen-bond donors (Lipinski definition) is 0. The van der Waals surface area contributed by atoms with Crippen molar-refractivity contribution in [3.63, 3.8) is 0 Å². The van der Waals surface area contributed by atoms with E-state index in [1.165, 1.54) is 4.70 Å². The molecular weight excluding hydrogens is 310 g/mol. The first-order valence-corrected chi connectivity index (χ1v) is 8.79. The Labute approximate surface area is 140 Å². The van der Waals surface area contributed by atoms with E-state index in [-0.39, 0.29) is 18.1 Å². The Hall–Kier alpha value is -1.50. The molecule has 0 saturated carbocycles. The topological polar surface area (TPSA) is 45.7 Å². The van der Waals surface area contributed by atoms with Gasteiger partial charge in [-0.25, -0.2) is 4.98 Å². The number of para-hydroxylation sites is 1. The van der Waals surface area contributed by atoms with Crippen molar-refractivity contribution >= 4 is 27.5 Å². The summed E-state index contributed by atoms with van der Waals surface area (Å²) in [6.45, 7) is 6.49. The van der Waals surface area contributed by atoms with Gasteiger partial charge in [0.2, 0.25) is 5.91 Å². The number of aromatic nitrogens is 1. The number of nitrogens with zero attached hydrogens (tertiary/aromatic N) is 3. The molecule has 124 valence electrons. The Morgan fingerprint density at radius 1 is 1.35 bits per heavy atom. The van der Waals surface area contributed by atoms with Gasteiger partial charge >= 0.3 is 0 Å². The van der Waals surface area contributed by atoms with Gasteiger partial charge < -0.3 is 9.64 Å². The fourth-order valence-corrected chi connectivity index (χ4v) is 4.03. The number of fused-ring (bicyclic) bond motifs is 1. The van der Waals surface area contributed by atoms with E-state index in [1.807, 2.05) is 48.9 Å². The third kappa shape index (κ3) is 4.07. The molecule has 1 aliphatic heterocycles. The summed E-state index contributed by atoms with van der Waals surface area (Å²) in [5, 5.41) is 1.05. The maximum absolute atomic E-state index is 12.5. The van der Waals surface area contributed by atoms with Crippen molar-refractivity contribution in [1.82, 2.24) is 14.8 Å². The Balaban J connectivity index is 1.58. The second kappa shape index (κ2) is 6.95. The summed E-state index contributed by atoms with van der Waals surface area (Å²) >= 11 is 1.69.